The van der Waals surface area contributed by atoms with E-state index in [-0.39, 0.29) is 17.0 Å². The number of rotatable bonds is 1. The minimum atomic E-state index is -0.112. The van der Waals surface area contributed by atoms with Crippen molar-refractivity contribution in [3.8, 4) is 5.75 Å². The monoisotopic (exact) mass is 378 g/mol. The van der Waals surface area contributed by atoms with Crippen LogP contribution in [0.2, 0.25) is 0 Å². The number of aryl methyl sites for hydroxylation is 1. The summed E-state index contributed by atoms with van der Waals surface area (Å²) < 4.78 is 6.39. The number of benzene rings is 2. The minimum Gasteiger partial charge on any atom is -0.487 e. The number of likely N-dealkylation sites (tertiary alicyclic amines) is 1. The molecule has 2 aliphatic heterocycles. The predicted octanol–water partition coefficient (Wildman–Crippen LogP) is 5.38. The lowest BCUT2D eigenvalue weighted by Crippen LogP contribution is -2.52. The van der Waals surface area contributed by atoms with Gasteiger partial charge in [-0.1, -0.05) is 51.1 Å². The molecule has 0 atom stereocenters. The molecule has 4 heteroatoms. The van der Waals surface area contributed by atoms with Crippen LogP contribution in [-0.2, 0) is 11.8 Å². The zero-order valence-electron chi connectivity index (χ0n) is 17.1. The van der Waals surface area contributed by atoms with Gasteiger partial charge in [-0.15, -0.1) is 0 Å². The Bertz CT molecular complexity index is 844. The molecule has 2 amide bonds. The first-order valence-corrected chi connectivity index (χ1v) is 10.3. The molecule has 148 valence electrons. The number of anilines is 1. The Kier molecular flexibility index (Phi) is 4.82. The second-order valence-electron chi connectivity index (χ2n) is 9.14. The van der Waals surface area contributed by atoms with Gasteiger partial charge in [0.25, 0.3) is 0 Å². The molecule has 0 unspecified atom stereocenters. The fraction of sp³-hybridized carbons (Fsp3) is 0.458. The van der Waals surface area contributed by atoms with Crippen LogP contribution in [0.3, 0.4) is 0 Å². The maximum atomic E-state index is 12.7. The quantitative estimate of drug-likeness (QED) is 0.724. The highest BCUT2D eigenvalue weighted by atomic mass is 16.5. The zero-order chi connectivity index (χ0) is 19.8. The van der Waals surface area contributed by atoms with Crippen molar-refractivity contribution in [2.45, 2.75) is 57.5 Å². The molecule has 4 rings (SSSR count). The first-order chi connectivity index (χ1) is 13.3. The highest BCUT2D eigenvalue weighted by Crippen LogP contribution is 2.39. The molecule has 28 heavy (non-hydrogen) atoms. The van der Waals surface area contributed by atoms with E-state index in [0.29, 0.717) is 0 Å². The Hall–Kier alpha value is -2.49. The van der Waals surface area contributed by atoms with E-state index in [9.17, 15) is 4.79 Å². The minimum absolute atomic E-state index is 0.0189. The number of fused-ring (bicyclic) bond motifs is 1. The number of amides is 2. The summed E-state index contributed by atoms with van der Waals surface area (Å²) in [6, 6.07) is 16.5. The summed E-state index contributed by atoms with van der Waals surface area (Å²) in [5.74, 6) is 1.02. The zero-order valence-corrected chi connectivity index (χ0v) is 17.1. The molecule has 0 radical (unpaired) electrons. The number of carbonyl (C=O) groups excluding carboxylic acids is 1. The summed E-state index contributed by atoms with van der Waals surface area (Å²) in [5, 5.41) is 3.04. The van der Waals surface area contributed by atoms with Gasteiger partial charge in [0.05, 0.1) is 0 Å². The molecule has 2 aromatic rings. The Morgan fingerprint density at radius 1 is 1.00 bits per heavy atom. The number of hydrogen-bond acceptors (Lipinski definition) is 2. The number of piperidine rings is 1. The summed E-state index contributed by atoms with van der Waals surface area (Å²) in [4.78, 5) is 14.6. The van der Waals surface area contributed by atoms with E-state index in [1.165, 1.54) is 11.1 Å². The van der Waals surface area contributed by atoms with Gasteiger partial charge in [0.2, 0.25) is 0 Å². The van der Waals surface area contributed by atoms with Crippen LogP contribution in [0.1, 0.15) is 51.2 Å². The number of urea groups is 1. The van der Waals surface area contributed by atoms with Crippen molar-refractivity contribution in [2.75, 3.05) is 18.4 Å². The maximum absolute atomic E-state index is 12.7. The van der Waals surface area contributed by atoms with Crippen LogP contribution in [0, 0.1) is 0 Å². The molecule has 2 aromatic carbocycles. The molecule has 2 aliphatic rings. The Labute approximate surface area is 167 Å². The number of nitrogens with one attached hydrogen (secondary N) is 1. The molecule has 2 heterocycles. The smallest absolute Gasteiger partial charge is 0.321 e. The van der Waals surface area contributed by atoms with Crippen LogP contribution >= 0.6 is 0 Å². The van der Waals surface area contributed by atoms with E-state index in [1.54, 1.807) is 0 Å². The molecule has 4 nitrogen and oxygen atoms in total. The fourth-order valence-electron chi connectivity index (χ4n) is 4.18. The van der Waals surface area contributed by atoms with Crippen LogP contribution in [0.15, 0.2) is 48.5 Å². The van der Waals surface area contributed by atoms with Crippen molar-refractivity contribution >= 4 is 11.7 Å². The van der Waals surface area contributed by atoms with Gasteiger partial charge in [0, 0.05) is 31.6 Å². The summed E-state index contributed by atoms with van der Waals surface area (Å²) in [6.45, 7) is 8.03. The third-order valence-electron chi connectivity index (χ3n) is 6.11. The van der Waals surface area contributed by atoms with Crippen molar-refractivity contribution in [1.29, 1.82) is 0 Å². The van der Waals surface area contributed by atoms with Crippen molar-refractivity contribution < 1.29 is 9.53 Å². The van der Waals surface area contributed by atoms with E-state index < -0.39 is 0 Å². The second-order valence-corrected chi connectivity index (χ2v) is 9.14. The molecule has 0 aliphatic carbocycles. The molecule has 1 fully saturated rings. The van der Waals surface area contributed by atoms with Crippen LogP contribution in [0.5, 0.6) is 5.75 Å². The van der Waals surface area contributed by atoms with Crippen LogP contribution in [0.25, 0.3) is 0 Å². The van der Waals surface area contributed by atoms with E-state index in [0.717, 1.165) is 50.2 Å². The SMILES string of the molecule is CC(C)(C)c1ccc(NC(=O)N2CCC3(CCc4ccccc4O3)CC2)cc1. The highest BCUT2D eigenvalue weighted by molar-refractivity contribution is 5.89. The van der Waals surface area contributed by atoms with Crippen molar-refractivity contribution in [3.05, 3.63) is 59.7 Å². The number of para-hydroxylation sites is 1. The fourth-order valence-corrected chi connectivity index (χ4v) is 4.18. The molecule has 0 saturated carbocycles. The van der Waals surface area contributed by atoms with E-state index >= 15 is 0 Å². The Balaban J connectivity index is 1.34. The third kappa shape index (κ3) is 3.87. The van der Waals surface area contributed by atoms with E-state index in [1.807, 2.05) is 23.1 Å². The molecule has 1 N–H and O–H groups in total. The van der Waals surface area contributed by atoms with Gasteiger partial charge < -0.3 is 15.0 Å². The molecule has 0 bridgehead atoms. The Morgan fingerprint density at radius 3 is 2.36 bits per heavy atom. The summed E-state index contributed by atoms with van der Waals surface area (Å²) in [7, 11) is 0. The lowest BCUT2D eigenvalue weighted by Gasteiger charge is -2.44. The lowest BCUT2D eigenvalue weighted by atomic mass is 9.83. The first kappa shape index (κ1) is 18.9. The van der Waals surface area contributed by atoms with Crippen molar-refractivity contribution in [1.82, 2.24) is 4.90 Å². The highest BCUT2D eigenvalue weighted by Gasteiger charge is 2.40. The van der Waals surface area contributed by atoms with Gasteiger partial charge >= 0.3 is 6.03 Å². The van der Waals surface area contributed by atoms with Crippen LogP contribution in [0.4, 0.5) is 10.5 Å². The van der Waals surface area contributed by atoms with Gasteiger partial charge in [0.1, 0.15) is 11.4 Å². The van der Waals surface area contributed by atoms with Gasteiger partial charge in [-0.05, 0) is 47.6 Å². The number of nitrogens with zero attached hydrogens (tertiary/aromatic N) is 1. The molecular formula is C24H30N2O2. The molecule has 1 saturated heterocycles. The van der Waals surface area contributed by atoms with E-state index in [2.05, 4.69) is 56.4 Å². The maximum Gasteiger partial charge on any atom is 0.321 e. The molecule has 0 aromatic heterocycles. The predicted molar refractivity (Wildman–Crippen MR) is 113 cm³/mol. The average molecular weight is 379 g/mol. The van der Waals surface area contributed by atoms with Crippen molar-refractivity contribution in [3.63, 3.8) is 0 Å². The van der Waals surface area contributed by atoms with Gasteiger partial charge in [-0.25, -0.2) is 4.79 Å². The lowest BCUT2D eigenvalue weighted by molar-refractivity contribution is -0.00434. The van der Waals surface area contributed by atoms with Crippen molar-refractivity contribution in [2.24, 2.45) is 0 Å². The van der Waals surface area contributed by atoms with Gasteiger partial charge in [-0.3, -0.25) is 0 Å². The molecule has 1 spiro atoms. The van der Waals surface area contributed by atoms with E-state index in [4.69, 9.17) is 4.74 Å². The summed E-state index contributed by atoms with van der Waals surface area (Å²) in [6.07, 6.45) is 3.87. The Morgan fingerprint density at radius 2 is 1.68 bits per heavy atom. The largest absolute Gasteiger partial charge is 0.487 e. The number of carbonyl (C=O) groups is 1. The van der Waals surface area contributed by atoms with Gasteiger partial charge in [0.15, 0.2) is 0 Å². The van der Waals surface area contributed by atoms with Crippen LogP contribution in [-0.4, -0.2) is 29.6 Å². The normalized spacial score (nSPS) is 18.3. The number of hydrogen-bond donors (Lipinski definition) is 1. The average Bonchev–Trinajstić information content (AvgIpc) is 2.68. The van der Waals surface area contributed by atoms with Gasteiger partial charge in [-0.2, -0.15) is 0 Å². The summed E-state index contributed by atoms with van der Waals surface area (Å²) in [5.41, 5.74) is 3.41. The second kappa shape index (κ2) is 7.16. The number of ether oxygens (including phenoxy) is 1. The first-order valence-electron chi connectivity index (χ1n) is 10.3. The topological polar surface area (TPSA) is 41.6 Å². The van der Waals surface area contributed by atoms with Crippen LogP contribution < -0.4 is 10.1 Å². The third-order valence-corrected chi connectivity index (χ3v) is 6.11. The molecular weight excluding hydrogens is 348 g/mol. The standard InChI is InChI=1S/C24H30N2O2/c1-23(2,3)19-8-10-20(11-9-19)25-22(27)26-16-14-24(15-17-26)13-12-18-6-4-5-7-21(18)28-24/h4-11H,12-17H2,1-3H3,(H,25,27). The summed E-state index contributed by atoms with van der Waals surface area (Å²) >= 11 is 0.